The first-order valence-corrected chi connectivity index (χ1v) is 9.41. The molecular formula is C20H29N3O3. The standard InChI is InChI=1S/C20H29N3O3/c1-20(2,3)22-11-8-15(9-12-22)21-18(24)14-23-16-6-4-5-7-17(16)26-13-10-19(23)25/h4-7,15H,8-14H2,1-3H3,(H,21,24). The molecule has 0 radical (unpaired) electrons. The Morgan fingerprint density at radius 2 is 1.92 bits per heavy atom. The zero-order chi connectivity index (χ0) is 18.7. The fourth-order valence-electron chi connectivity index (χ4n) is 3.60. The third-order valence-corrected chi connectivity index (χ3v) is 5.14. The maximum absolute atomic E-state index is 12.6. The lowest BCUT2D eigenvalue weighted by Crippen LogP contribution is -2.52. The Labute approximate surface area is 155 Å². The summed E-state index contributed by atoms with van der Waals surface area (Å²) in [5.74, 6) is 0.474. The van der Waals surface area contributed by atoms with Gasteiger partial charge in [-0.05, 0) is 45.7 Å². The molecule has 0 unspecified atom stereocenters. The van der Waals surface area contributed by atoms with Crippen LogP contribution in [0.15, 0.2) is 24.3 Å². The molecule has 2 aliphatic rings. The van der Waals surface area contributed by atoms with Gasteiger partial charge in [0.25, 0.3) is 0 Å². The normalized spacial score (nSPS) is 19.5. The average Bonchev–Trinajstić information content (AvgIpc) is 2.74. The lowest BCUT2D eigenvalue weighted by Gasteiger charge is -2.41. The highest BCUT2D eigenvalue weighted by Crippen LogP contribution is 2.30. The van der Waals surface area contributed by atoms with Crippen LogP contribution in [0.5, 0.6) is 5.75 Å². The maximum Gasteiger partial charge on any atom is 0.240 e. The minimum Gasteiger partial charge on any atom is -0.491 e. The average molecular weight is 359 g/mol. The summed E-state index contributed by atoms with van der Waals surface area (Å²) in [5.41, 5.74) is 0.838. The third kappa shape index (κ3) is 4.36. The second kappa shape index (κ2) is 7.66. The smallest absolute Gasteiger partial charge is 0.240 e. The van der Waals surface area contributed by atoms with Gasteiger partial charge in [0.05, 0.1) is 18.7 Å². The van der Waals surface area contributed by atoms with E-state index in [0.717, 1.165) is 25.9 Å². The van der Waals surface area contributed by atoms with E-state index in [1.165, 1.54) is 0 Å². The van der Waals surface area contributed by atoms with Gasteiger partial charge in [0.1, 0.15) is 12.3 Å². The largest absolute Gasteiger partial charge is 0.491 e. The van der Waals surface area contributed by atoms with E-state index in [1.54, 1.807) is 4.90 Å². The SMILES string of the molecule is CC(C)(C)N1CCC(NC(=O)CN2C(=O)CCOc3ccccc32)CC1. The molecule has 1 fully saturated rings. The Bertz CT molecular complexity index is 661. The topological polar surface area (TPSA) is 61.9 Å². The van der Waals surface area contributed by atoms with E-state index in [4.69, 9.17) is 4.74 Å². The highest BCUT2D eigenvalue weighted by Gasteiger charge is 2.29. The van der Waals surface area contributed by atoms with Gasteiger partial charge in [0, 0.05) is 24.7 Å². The first kappa shape index (κ1) is 18.7. The molecule has 0 spiro atoms. The molecule has 0 atom stereocenters. The van der Waals surface area contributed by atoms with Crippen molar-refractivity contribution in [2.75, 3.05) is 31.1 Å². The number of rotatable bonds is 3. The molecule has 0 aliphatic carbocycles. The Morgan fingerprint density at radius 1 is 1.23 bits per heavy atom. The molecule has 0 bridgehead atoms. The predicted octanol–water partition coefficient (Wildman–Crippen LogP) is 2.18. The van der Waals surface area contributed by atoms with Crippen molar-refractivity contribution >= 4 is 17.5 Å². The number of fused-ring (bicyclic) bond motifs is 1. The van der Waals surface area contributed by atoms with Crippen LogP contribution in [0, 0.1) is 0 Å². The Hall–Kier alpha value is -2.08. The molecule has 1 N–H and O–H groups in total. The molecule has 1 saturated heterocycles. The summed E-state index contributed by atoms with van der Waals surface area (Å²) in [5, 5.41) is 3.11. The van der Waals surface area contributed by atoms with Gasteiger partial charge >= 0.3 is 0 Å². The number of nitrogens with zero attached hydrogens (tertiary/aromatic N) is 2. The third-order valence-electron chi connectivity index (χ3n) is 5.14. The van der Waals surface area contributed by atoms with Crippen molar-refractivity contribution in [1.82, 2.24) is 10.2 Å². The highest BCUT2D eigenvalue weighted by atomic mass is 16.5. The van der Waals surface area contributed by atoms with Gasteiger partial charge in [0.2, 0.25) is 11.8 Å². The number of carbonyl (C=O) groups excluding carboxylic acids is 2. The summed E-state index contributed by atoms with van der Waals surface area (Å²) in [7, 11) is 0. The Kier molecular flexibility index (Phi) is 5.51. The molecular weight excluding hydrogens is 330 g/mol. The van der Waals surface area contributed by atoms with Crippen molar-refractivity contribution in [3.63, 3.8) is 0 Å². The molecule has 2 heterocycles. The lowest BCUT2D eigenvalue weighted by molar-refractivity contribution is -0.124. The molecule has 26 heavy (non-hydrogen) atoms. The maximum atomic E-state index is 12.6. The number of para-hydroxylation sites is 2. The van der Waals surface area contributed by atoms with Gasteiger partial charge in [-0.2, -0.15) is 0 Å². The van der Waals surface area contributed by atoms with E-state index >= 15 is 0 Å². The van der Waals surface area contributed by atoms with Gasteiger partial charge in [0.15, 0.2) is 0 Å². The van der Waals surface area contributed by atoms with Crippen LogP contribution in [0.3, 0.4) is 0 Å². The number of hydrogen-bond donors (Lipinski definition) is 1. The number of amides is 2. The van der Waals surface area contributed by atoms with Crippen molar-refractivity contribution in [3.8, 4) is 5.75 Å². The fourth-order valence-corrected chi connectivity index (χ4v) is 3.60. The van der Waals surface area contributed by atoms with Crippen molar-refractivity contribution in [3.05, 3.63) is 24.3 Å². The number of piperidine rings is 1. The second-order valence-electron chi connectivity index (χ2n) is 8.05. The van der Waals surface area contributed by atoms with Crippen LogP contribution >= 0.6 is 0 Å². The zero-order valence-electron chi connectivity index (χ0n) is 16.0. The number of ether oxygens (including phenoxy) is 1. The van der Waals surface area contributed by atoms with Crippen LogP contribution in [0.1, 0.15) is 40.0 Å². The van der Waals surface area contributed by atoms with Crippen molar-refractivity contribution in [2.45, 2.75) is 51.6 Å². The molecule has 0 aromatic heterocycles. The summed E-state index contributed by atoms with van der Waals surface area (Å²) in [6.07, 6.45) is 2.17. The van der Waals surface area contributed by atoms with Gasteiger partial charge in [-0.15, -0.1) is 0 Å². The molecule has 2 aliphatic heterocycles. The Balaban J connectivity index is 1.59. The monoisotopic (exact) mass is 359 g/mol. The van der Waals surface area contributed by atoms with Crippen molar-refractivity contribution < 1.29 is 14.3 Å². The van der Waals surface area contributed by atoms with Gasteiger partial charge in [-0.3, -0.25) is 19.4 Å². The van der Waals surface area contributed by atoms with Crippen LogP contribution in [0.25, 0.3) is 0 Å². The molecule has 2 amide bonds. The molecule has 142 valence electrons. The van der Waals surface area contributed by atoms with E-state index in [1.807, 2.05) is 24.3 Å². The quantitative estimate of drug-likeness (QED) is 0.899. The molecule has 1 aromatic carbocycles. The van der Waals surface area contributed by atoms with Gasteiger partial charge in [-0.25, -0.2) is 0 Å². The van der Waals surface area contributed by atoms with E-state index < -0.39 is 0 Å². The van der Waals surface area contributed by atoms with Gasteiger partial charge in [-0.1, -0.05) is 12.1 Å². The predicted molar refractivity (Wildman–Crippen MR) is 101 cm³/mol. The summed E-state index contributed by atoms with van der Waals surface area (Å²) >= 11 is 0. The number of benzene rings is 1. The molecule has 1 aromatic rings. The Morgan fingerprint density at radius 3 is 2.62 bits per heavy atom. The summed E-state index contributed by atoms with van der Waals surface area (Å²) in [4.78, 5) is 29.0. The fraction of sp³-hybridized carbons (Fsp3) is 0.600. The second-order valence-corrected chi connectivity index (χ2v) is 8.05. The molecule has 6 heteroatoms. The first-order chi connectivity index (χ1) is 12.3. The number of nitrogens with one attached hydrogen (secondary N) is 1. The van der Waals surface area contributed by atoms with Crippen LogP contribution in [-0.2, 0) is 9.59 Å². The van der Waals surface area contributed by atoms with Crippen molar-refractivity contribution in [1.29, 1.82) is 0 Å². The number of hydrogen-bond acceptors (Lipinski definition) is 4. The molecule has 3 rings (SSSR count). The summed E-state index contributed by atoms with van der Waals surface area (Å²) < 4.78 is 5.62. The van der Waals surface area contributed by atoms with E-state index in [0.29, 0.717) is 18.0 Å². The highest BCUT2D eigenvalue weighted by molar-refractivity contribution is 6.00. The molecule has 0 saturated carbocycles. The number of carbonyl (C=O) groups is 2. The van der Waals surface area contributed by atoms with Crippen LogP contribution in [0.2, 0.25) is 0 Å². The summed E-state index contributed by atoms with van der Waals surface area (Å²) in [6, 6.07) is 7.56. The summed E-state index contributed by atoms with van der Waals surface area (Å²) in [6.45, 7) is 9.00. The minimum absolute atomic E-state index is 0.0404. The van der Waals surface area contributed by atoms with Crippen LogP contribution in [-0.4, -0.2) is 54.5 Å². The number of anilines is 1. The van der Waals surface area contributed by atoms with Crippen molar-refractivity contribution in [2.24, 2.45) is 0 Å². The zero-order valence-corrected chi connectivity index (χ0v) is 16.0. The van der Waals surface area contributed by atoms with E-state index in [-0.39, 0.29) is 36.4 Å². The van der Waals surface area contributed by atoms with E-state index in [9.17, 15) is 9.59 Å². The number of likely N-dealkylation sites (tertiary alicyclic amines) is 1. The van der Waals surface area contributed by atoms with Gasteiger partial charge < -0.3 is 10.1 Å². The first-order valence-electron chi connectivity index (χ1n) is 9.41. The lowest BCUT2D eigenvalue weighted by atomic mass is 9.98. The molecule has 6 nitrogen and oxygen atoms in total. The van der Waals surface area contributed by atoms with E-state index in [2.05, 4.69) is 31.0 Å². The minimum atomic E-state index is -0.107. The van der Waals surface area contributed by atoms with Crippen LogP contribution in [0.4, 0.5) is 5.69 Å². The van der Waals surface area contributed by atoms with Crippen LogP contribution < -0.4 is 15.0 Å².